The summed E-state index contributed by atoms with van der Waals surface area (Å²) in [6.07, 6.45) is -28.3. The zero-order valence-electron chi connectivity index (χ0n) is 53.6. The van der Waals surface area contributed by atoms with Crippen LogP contribution in [0.15, 0.2) is 97.1 Å². The second kappa shape index (κ2) is 40.4. The van der Waals surface area contributed by atoms with Crippen LogP contribution < -0.4 is 18.9 Å². The molecule has 4 saturated heterocycles. The summed E-state index contributed by atoms with van der Waals surface area (Å²) in [5.74, 6) is 2.06. The fourth-order valence-electron chi connectivity index (χ4n) is 10.8. The molecule has 4 aromatic carbocycles. The number of hydrogen-bond acceptors (Lipinski definition) is 32. The Bertz CT molecular complexity index is 2500. The SMILES string of the molecule is OC[C@H]1OC(OCCOCCOc2ccc(C(=C(c3ccc(OCCOCCOC4O[C@H](CO)[C@@H](O)[C@H](O)[C@@H]4O)cc3)c3ccc(OCCOCCOC4O[C@H](CO)[C@@H](O)[C@H](O)[C@@H]4O)cc3)c3ccc(OCCOCCOC4O[C@H](CO)[C@@H](O)[C@H](O)[C@@H]4O)cc3)cc2)[C@@H](O)[C@@H](O)[C@@H]1O. The first kappa shape index (κ1) is 78.4. The Hall–Kier alpha value is -5.30. The molecule has 0 saturated carbocycles. The maximum Gasteiger partial charge on any atom is 0.186 e. The lowest BCUT2D eigenvalue weighted by molar-refractivity contribution is -0.302. The van der Waals surface area contributed by atoms with Crippen molar-refractivity contribution in [2.45, 2.75) is 123 Å². The van der Waals surface area contributed by atoms with Gasteiger partial charge < -0.3 is 157 Å². The third-order valence-corrected chi connectivity index (χ3v) is 16.2. The number of rotatable bonds is 40. The van der Waals surface area contributed by atoms with Crippen LogP contribution in [0.3, 0.4) is 0 Å². The molecule has 20 atom stereocenters. The molecule has 32 heteroatoms. The lowest BCUT2D eigenvalue weighted by atomic mass is 9.85. The Kier molecular flexibility index (Phi) is 32.3. The molecule has 98 heavy (non-hydrogen) atoms. The van der Waals surface area contributed by atoms with E-state index in [0.717, 1.165) is 33.4 Å². The van der Waals surface area contributed by atoms with Crippen LogP contribution in [0.1, 0.15) is 22.3 Å². The lowest BCUT2D eigenvalue weighted by Crippen LogP contribution is -2.59. The van der Waals surface area contributed by atoms with E-state index in [4.69, 9.17) is 75.8 Å². The molecule has 548 valence electrons. The molecule has 8 rings (SSSR count). The number of ether oxygens (including phenoxy) is 16. The second-order valence-electron chi connectivity index (χ2n) is 23.0. The van der Waals surface area contributed by atoms with E-state index in [9.17, 15) is 81.7 Å². The average Bonchev–Trinajstić information content (AvgIpc) is 0.774. The average molecular weight is 1400 g/mol. The molecule has 32 nitrogen and oxygen atoms in total. The van der Waals surface area contributed by atoms with Crippen molar-refractivity contribution in [2.24, 2.45) is 0 Å². The van der Waals surface area contributed by atoms with Crippen molar-refractivity contribution >= 4 is 11.1 Å². The number of hydrogen-bond donors (Lipinski definition) is 16. The molecule has 4 fully saturated rings. The van der Waals surface area contributed by atoms with Crippen LogP contribution in [0.4, 0.5) is 0 Å². The molecule has 4 unspecified atom stereocenters. The van der Waals surface area contributed by atoms with Crippen LogP contribution in [0, 0.1) is 0 Å². The Morgan fingerprint density at radius 2 is 0.418 bits per heavy atom. The fourth-order valence-corrected chi connectivity index (χ4v) is 10.8. The fraction of sp³-hybridized carbons (Fsp3) is 0.606. The van der Waals surface area contributed by atoms with E-state index < -0.39 is 149 Å². The van der Waals surface area contributed by atoms with Crippen molar-refractivity contribution in [1.82, 2.24) is 0 Å². The van der Waals surface area contributed by atoms with E-state index >= 15 is 0 Å². The Labute approximate surface area is 564 Å². The summed E-state index contributed by atoms with van der Waals surface area (Å²) in [5, 5.41) is 160. The summed E-state index contributed by atoms with van der Waals surface area (Å²) in [4.78, 5) is 0. The molecule has 0 radical (unpaired) electrons. The van der Waals surface area contributed by atoms with Crippen molar-refractivity contribution in [1.29, 1.82) is 0 Å². The normalized spacial score (nSPS) is 30.4. The van der Waals surface area contributed by atoms with Gasteiger partial charge in [0.1, 0.15) is 147 Å². The number of aliphatic hydroxyl groups excluding tert-OH is 16. The highest BCUT2D eigenvalue weighted by Gasteiger charge is 2.47. The van der Waals surface area contributed by atoms with Crippen molar-refractivity contribution in [2.75, 3.05) is 132 Å². The topological polar surface area (TPSA) is 471 Å². The van der Waals surface area contributed by atoms with Crippen molar-refractivity contribution in [3.8, 4) is 23.0 Å². The van der Waals surface area contributed by atoms with Gasteiger partial charge in [-0.2, -0.15) is 0 Å². The summed E-state index contributed by atoms with van der Waals surface area (Å²) in [7, 11) is 0. The van der Waals surface area contributed by atoms with E-state index in [1.54, 1.807) is 0 Å². The van der Waals surface area contributed by atoms with Gasteiger partial charge in [0.2, 0.25) is 0 Å². The standard InChI is InChI=1S/C66H92O32/c67-33-45-51(71)55(75)59(79)63(95-45)91-29-21-83-17-25-87-41-9-1-37(2-10-41)49(38-3-11-42(12-4-38)88-26-18-84-22-30-92-64-60(80)56(76)52(72)46(34-68)96-64)50(39-5-13-43(14-6-39)89-27-19-85-23-31-93-65-61(81)57(77)53(73)47(35-69)97-65)40-7-15-44(16-8-40)90-28-20-86-24-32-94-66-62(82)58(78)54(74)48(36-70)98-66/h1-16,45-48,51-82H,17-36H2/t45-,46-,47-,48-,51-,52-,53-,54-,55+,56+,57+,58+,59+,60+,61+,62+,63?,64?,65?,66?/m1/s1. The molecular formula is C66H92O32. The van der Waals surface area contributed by atoms with Gasteiger partial charge in [-0.15, -0.1) is 0 Å². The van der Waals surface area contributed by atoms with Gasteiger partial charge >= 0.3 is 0 Å². The summed E-state index contributed by atoms with van der Waals surface area (Å²) in [6, 6.07) is 29.7. The first-order chi connectivity index (χ1) is 47.5. The summed E-state index contributed by atoms with van der Waals surface area (Å²) in [5.41, 5.74) is 4.61. The molecule has 4 aliphatic heterocycles. The van der Waals surface area contributed by atoms with Crippen LogP contribution in [0.2, 0.25) is 0 Å². The zero-order chi connectivity index (χ0) is 70.1. The van der Waals surface area contributed by atoms with Gasteiger partial charge in [-0.25, -0.2) is 0 Å². The van der Waals surface area contributed by atoms with Gasteiger partial charge in [0.05, 0.1) is 106 Å². The highest BCUT2D eigenvalue weighted by atomic mass is 16.7. The lowest BCUT2D eigenvalue weighted by Gasteiger charge is -2.39. The maximum absolute atomic E-state index is 10.3. The Balaban J connectivity index is 0.951. The molecule has 0 aromatic heterocycles. The minimum atomic E-state index is -1.58. The summed E-state index contributed by atoms with van der Waals surface area (Å²) in [6.45, 7) is -1.21. The molecular weight excluding hydrogens is 1300 g/mol. The highest BCUT2D eigenvalue weighted by Crippen LogP contribution is 2.39. The van der Waals surface area contributed by atoms with Gasteiger partial charge in [-0.1, -0.05) is 48.5 Å². The molecule has 4 heterocycles. The van der Waals surface area contributed by atoms with Gasteiger partial charge in [-0.3, -0.25) is 0 Å². The molecule has 0 bridgehead atoms. The van der Waals surface area contributed by atoms with Crippen LogP contribution >= 0.6 is 0 Å². The molecule has 0 spiro atoms. The van der Waals surface area contributed by atoms with Crippen molar-refractivity contribution < 1.29 is 157 Å². The van der Waals surface area contributed by atoms with E-state index in [0.29, 0.717) is 23.0 Å². The van der Waals surface area contributed by atoms with Crippen LogP contribution in [0.5, 0.6) is 23.0 Å². The quantitative estimate of drug-likeness (QED) is 0.0148. The highest BCUT2D eigenvalue weighted by molar-refractivity contribution is 6.04. The van der Waals surface area contributed by atoms with Crippen LogP contribution in [-0.4, -0.2) is 337 Å². The molecule has 0 aliphatic carbocycles. The van der Waals surface area contributed by atoms with Gasteiger partial charge in [0, 0.05) is 0 Å². The number of aliphatic hydroxyl groups is 16. The molecule has 16 N–H and O–H groups in total. The maximum atomic E-state index is 10.3. The van der Waals surface area contributed by atoms with Gasteiger partial charge in [0.15, 0.2) is 25.2 Å². The molecule has 4 aliphatic rings. The van der Waals surface area contributed by atoms with Gasteiger partial charge in [-0.05, 0) is 81.9 Å². The van der Waals surface area contributed by atoms with Crippen LogP contribution in [-0.2, 0) is 56.8 Å². The predicted octanol–water partition coefficient (Wildman–Crippen LogP) is -4.46. The molecule has 4 aromatic rings. The third-order valence-electron chi connectivity index (χ3n) is 16.2. The van der Waals surface area contributed by atoms with Crippen LogP contribution in [0.25, 0.3) is 11.1 Å². The second-order valence-corrected chi connectivity index (χ2v) is 23.0. The zero-order valence-corrected chi connectivity index (χ0v) is 53.6. The minimum absolute atomic E-state index is 0.0451. The van der Waals surface area contributed by atoms with Crippen molar-refractivity contribution in [3.05, 3.63) is 119 Å². The first-order valence-electron chi connectivity index (χ1n) is 32.1. The smallest absolute Gasteiger partial charge is 0.186 e. The third kappa shape index (κ3) is 21.9. The summed E-state index contributed by atoms with van der Waals surface area (Å²) >= 11 is 0. The largest absolute Gasteiger partial charge is 0.491 e. The Morgan fingerprint density at radius 1 is 0.235 bits per heavy atom. The van der Waals surface area contributed by atoms with Gasteiger partial charge in [0.25, 0.3) is 0 Å². The van der Waals surface area contributed by atoms with Crippen molar-refractivity contribution in [3.63, 3.8) is 0 Å². The predicted molar refractivity (Wildman–Crippen MR) is 335 cm³/mol. The van der Waals surface area contributed by atoms with E-state index in [1.165, 1.54) is 0 Å². The van der Waals surface area contributed by atoms with E-state index in [1.807, 2.05) is 97.1 Å². The monoisotopic (exact) mass is 1400 g/mol. The first-order valence-corrected chi connectivity index (χ1v) is 32.1. The van der Waals surface area contributed by atoms with E-state index in [2.05, 4.69) is 0 Å². The number of benzene rings is 4. The molecule has 0 amide bonds. The minimum Gasteiger partial charge on any atom is -0.491 e. The summed E-state index contributed by atoms with van der Waals surface area (Å²) < 4.78 is 90.6. The van der Waals surface area contributed by atoms with E-state index in [-0.39, 0.29) is 106 Å². The Morgan fingerprint density at radius 3 is 0.602 bits per heavy atom.